The molecule has 0 spiro atoms. The van der Waals surface area contributed by atoms with Gasteiger partial charge in [0, 0.05) is 18.8 Å². The summed E-state index contributed by atoms with van der Waals surface area (Å²) in [5, 5.41) is 11.8. The Kier molecular flexibility index (Phi) is 4.79. The van der Waals surface area contributed by atoms with Crippen molar-refractivity contribution in [1.82, 2.24) is 4.90 Å². The molecule has 0 aromatic heterocycles. The van der Waals surface area contributed by atoms with Gasteiger partial charge in [-0.15, -0.1) is 0 Å². The summed E-state index contributed by atoms with van der Waals surface area (Å²) >= 11 is 0. The van der Waals surface area contributed by atoms with Crippen molar-refractivity contribution in [1.29, 1.82) is 5.26 Å². The normalized spacial score (nSPS) is 15.4. The number of hydrogen-bond donors (Lipinski definition) is 1. The van der Waals surface area contributed by atoms with Crippen molar-refractivity contribution < 1.29 is 4.79 Å². The number of likely N-dealkylation sites (tertiary alicyclic amines) is 1. The molecule has 0 radical (unpaired) electrons. The van der Waals surface area contributed by atoms with Crippen LogP contribution >= 0.6 is 0 Å². The Morgan fingerprint density at radius 2 is 1.79 bits per heavy atom. The van der Waals surface area contributed by atoms with Gasteiger partial charge in [0.05, 0.1) is 18.2 Å². The van der Waals surface area contributed by atoms with E-state index in [0.717, 1.165) is 31.6 Å². The molecule has 1 aliphatic rings. The number of hydrogen-bond acceptors (Lipinski definition) is 3. The molecule has 0 bridgehead atoms. The first-order chi connectivity index (χ1) is 9.29. The van der Waals surface area contributed by atoms with E-state index in [2.05, 4.69) is 11.4 Å². The summed E-state index contributed by atoms with van der Waals surface area (Å²) in [6.45, 7) is 2.09. The summed E-state index contributed by atoms with van der Waals surface area (Å²) in [6.07, 6.45) is 4.69. The Balaban J connectivity index is 1.83. The van der Waals surface area contributed by atoms with Gasteiger partial charge in [-0.1, -0.05) is 12.8 Å². The molecule has 0 unspecified atom stereocenters. The highest BCUT2D eigenvalue weighted by Gasteiger charge is 2.14. The Morgan fingerprint density at radius 3 is 2.37 bits per heavy atom. The molecule has 2 rings (SSSR count). The van der Waals surface area contributed by atoms with Gasteiger partial charge in [-0.25, -0.2) is 0 Å². The predicted octanol–water partition coefficient (Wildman–Crippen LogP) is 2.37. The van der Waals surface area contributed by atoms with Crippen LogP contribution in [0.3, 0.4) is 0 Å². The lowest BCUT2D eigenvalue weighted by Crippen LogP contribution is -2.36. The van der Waals surface area contributed by atoms with Gasteiger partial charge in [0.2, 0.25) is 5.91 Å². The third-order valence-corrected chi connectivity index (χ3v) is 3.42. The Hall–Kier alpha value is -2.02. The number of carbonyl (C=O) groups excluding carboxylic acids is 1. The van der Waals surface area contributed by atoms with Crippen molar-refractivity contribution in [3.05, 3.63) is 29.8 Å². The van der Waals surface area contributed by atoms with Crippen LogP contribution in [0.5, 0.6) is 0 Å². The molecule has 100 valence electrons. The van der Waals surface area contributed by atoms with Crippen molar-refractivity contribution in [3.8, 4) is 6.07 Å². The fraction of sp³-hybridized carbons (Fsp3) is 0.467. The summed E-state index contributed by atoms with van der Waals surface area (Å²) in [6, 6.07) is 9.23. The van der Waals surface area contributed by atoms with E-state index in [1.807, 2.05) is 17.0 Å². The lowest BCUT2D eigenvalue weighted by molar-refractivity contribution is -0.129. The minimum absolute atomic E-state index is 0.159. The average Bonchev–Trinajstić information content (AvgIpc) is 2.74. The van der Waals surface area contributed by atoms with E-state index in [0.29, 0.717) is 12.1 Å². The Bertz CT molecular complexity index is 453. The third kappa shape index (κ3) is 3.99. The molecular weight excluding hydrogens is 238 g/mol. The van der Waals surface area contributed by atoms with Crippen LogP contribution in [0.2, 0.25) is 0 Å². The highest BCUT2D eigenvalue weighted by Crippen LogP contribution is 2.11. The molecule has 0 saturated carbocycles. The maximum atomic E-state index is 12.1. The molecule has 0 aliphatic carbocycles. The molecule has 1 aromatic rings. The summed E-state index contributed by atoms with van der Waals surface area (Å²) < 4.78 is 0. The largest absolute Gasteiger partial charge is 0.376 e. The predicted molar refractivity (Wildman–Crippen MR) is 74.7 cm³/mol. The van der Waals surface area contributed by atoms with Crippen LogP contribution in [0.25, 0.3) is 0 Å². The van der Waals surface area contributed by atoms with Gasteiger partial charge >= 0.3 is 0 Å². The zero-order chi connectivity index (χ0) is 13.5. The van der Waals surface area contributed by atoms with E-state index in [1.165, 1.54) is 12.8 Å². The molecule has 4 nitrogen and oxygen atoms in total. The topological polar surface area (TPSA) is 56.1 Å². The first-order valence-electron chi connectivity index (χ1n) is 6.81. The van der Waals surface area contributed by atoms with Gasteiger partial charge in [-0.2, -0.15) is 5.26 Å². The second-order valence-electron chi connectivity index (χ2n) is 4.84. The summed E-state index contributed by atoms with van der Waals surface area (Å²) in [5.41, 5.74) is 1.51. The van der Waals surface area contributed by atoms with Gasteiger partial charge in [0.25, 0.3) is 0 Å². The highest BCUT2D eigenvalue weighted by molar-refractivity contribution is 5.80. The first-order valence-corrected chi connectivity index (χ1v) is 6.81. The second-order valence-corrected chi connectivity index (χ2v) is 4.84. The maximum Gasteiger partial charge on any atom is 0.241 e. The van der Waals surface area contributed by atoms with Gasteiger partial charge in [-0.05, 0) is 37.1 Å². The fourth-order valence-electron chi connectivity index (χ4n) is 2.27. The molecule has 4 heteroatoms. The van der Waals surface area contributed by atoms with Crippen LogP contribution in [0.4, 0.5) is 5.69 Å². The number of nitrogens with one attached hydrogen (secondary N) is 1. The maximum absolute atomic E-state index is 12.1. The molecule has 1 aliphatic heterocycles. The van der Waals surface area contributed by atoms with Crippen LogP contribution in [0.15, 0.2) is 24.3 Å². The first kappa shape index (κ1) is 13.4. The molecule has 0 atom stereocenters. The van der Waals surface area contributed by atoms with Crippen LogP contribution in [-0.2, 0) is 4.79 Å². The minimum atomic E-state index is 0.159. The van der Waals surface area contributed by atoms with E-state index in [9.17, 15) is 4.79 Å². The molecule has 1 saturated heterocycles. The van der Waals surface area contributed by atoms with Crippen LogP contribution in [0.1, 0.15) is 31.2 Å². The molecule has 1 aromatic carbocycles. The van der Waals surface area contributed by atoms with Crippen molar-refractivity contribution in [2.24, 2.45) is 0 Å². The van der Waals surface area contributed by atoms with Crippen molar-refractivity contribution in [3.63, 3.8) is 0 Å². The average molecular weight is 257 g/mol. The van der Waals surface area contributed by atoms with E-state index in [4.69, 9.17) is 5.26 Å². The summed E-state index contributed by atoms with van der Waals surface area (Å²) in [5.74, 6) is 0.159. The van der Waals surface area contributed by atoms with Crippen LogP contribution < -0.4 is 5.32 Å². The lowest BCUT2D eigenvalue weighted by Gasteiger charge is -2.20. The number of nitrogens with zero attached hydrogens (tertiary/aromatic N) is 2. The number of rotatable bonds is 3. The van der Waals surface area contributed by atoms with Crippen LogP contribution in [-0.4, -0.2) is 30.4 Å². The molecule has 1 heterocycles. The van der Waals surface area contributed by atoms with Crippen molar-refractivity contribution in [2.75, 3.05) is 25.0 Å². The van der Waals surface area contributed by atoms with Gasteiger partial charge in [0.1, 0.15) is 0 Å². The monoisotopic (exact) mass is 257 g/mol. The highest BCUT2D eigenvalue weighted by atomic mass is 16.2. The van der Waals surface area contributed by atoms with Crippen molar-refractivity contribution in [2.45, 2.75) is 25.7 Å². The van der Waals surface area contributed by atoms with E-state index in [1.54, 1.807) is 12.1 Å². The van der Waals surface area contributed by atoms with E-state index in [-0.39, 0.29) is 5.91 Å². The summed E-state index contributed by atoms with van der Waals surface area (Å²) in [4.78, 5) is 14.0. The molecule has 1 fully saturated rings. The second kappa shape index (κ2) is 6.79. The Labute approximate surface area is 114 Å². The molecule has 1 amide bonds. The van der Waals surface area contributed by atoms with Gasteiger partial charge in [0.15, 0.2) is 0 Å². The standard InChI is InChI=1S/C15H19N3O/c16-11-13-5-7-14(8-6-13)17-12-15(19)18-9-3-1-2-4-10-18/h5-8,17H,1-4,9-10,12H2. The third-order valence-electron chi connectivity index (χ3n) is 3.42. The van der Waals surface area contributed by atoms with Crippen molar-refractivity contribution >= 4 is 11.6 Å². The van der Waals surface area contributed by atoms with Crippen LogP contribution in [0, 0.1) is 11.3 Å². The number of amides is 1. The molecular formula is C15H19N3O. The SMILES string of the molecule is N#Cc1ccc(NCC(=O)N2CCCCCC2)cc1. The smallest absolute Gasteiger partial charge is 0.241 e. The minimum Gasteiger partial charge on any atom is -0.376 e. The quantitative estimate of drug-likeness (QED) is 0.904. The van der Waals surface area contributed by atoms with Gasteiger partial charge in [-0.3, -0.25) is 4.79 Å². The fourth-order valence-corrected chi connectivity index (χ4v) is 2.27. The molecule has 19 heavy (non-hydrogen) atoms. The number of carbonyl (C=O) groups is 1. The zero-order valence-corrected chi connectivity index (χ0v) is 11.1. The summed E-state index contributed by atoms with van der Waals surface area (Å²) in [7, 11) is 0. The van der Waals surface area contributed by atoms with E-state index >= 15 is 0 Å². The number of benzene rings is 1. The zero-order valence-electron chi connectivity index (χ0n) is 11.1. The lowest BCUT2D eigenvalue weighted by atomic mass is 10.2. The Morgan fingerprint density at radius 1 is 1.16 bits per heavy atom. The van der Waals surface area contributed by atoms with E-state index < -0.39 is 0 Å². The number of nitriles is 1. The molecule has 1 N–H and O–H groups in total. The van der Waals surface area contributed by atoms with Gasteiger partial charge < -0.3 is 10.2 Å². The number of anilines is 1.